The summed E-state index contributed by atoms with van der Waals surface area (Å²) in [4.78, 5) is 21.1. The number of nitrogen functional groups attached to an aromatic ring is 1. The van der Waals surface area contributed by atoms with E-state index < -0.39 is 4.92 Å². The molecular weight excluding hydrogens is 226 g/mol. The van der Waals surface area contributed by atoms with Gasteiger partial charge in [-0.3, -0.25) is 14.9 Å². The van der Waals surface area contributed by atoms with E-state index in [0.29, 0.717) is 5.69 Å². The molecule has 0 saturated heterocycles. The molecule has 1 aromatic rings. The summed E-state index contributed by atoms with van der Waals surface area (Å²) >= 11 is 0. The normalized spacial score (nSPS) is 9.71. The molecule has 0 amide bonds. The van der Waals surface area contributed by atoms with Crippen molar-refractivity contribution in [1.29, 1.82) is 0 Å². The number of anilines is 2. The second-order valence-corrected chi connectivity index (χ2v) is 3.25. The van der Waals surface area contributed by atoms with Crippen LogP contribution in [0.25, 0.3) is 0 Å². The third-order valence-corrected chi connectivity index (χ3v) is 2.12. The molecule has 0 spiro atoms. The van der Waals surface area contributed by atoms with Crippen LogP contribution in [0.4, 0.5) is 17.1 Å². The average Bonchev–Trinajstić information content (AvgIpc) is 2.28. The van der Waals surface area contributed by atoms with Crippen LogP contribution in [-0.4, -0.2) is 24.5 Å². The number of nitro groups is 1. The van der Waals surface area contributed by atoms with Gasteiger partial charge in [-0.05, 0) is 12.1 Å². The third-order valence-electron chi connectivity index (χ3n) is 2.12. The van der Waals surface area contributed by atoms with Gasteiger partial charge in [0.05, 0.1) is 18.5 Å². The van der Waals surface area contributed by atoms with Crippen molar-refractivity contribution in [3.8, 4) is 0 Å². The average molecular weight is 239 g/mol. The maximum absolute atomic E-state index is 10.9. The maximum atomic E-state index is 10.9. The lowest BCUT2D eigenvalue weighted by Gasteiger charge is -2.07. The standard InChI is InChI=1S/C10H13N3O4/c1-17-9(14)5-6-12-8-4-2-3-7(11)10(8)13(15)16/h2-4,12H,5-6,11H2,1H3. The Kier molecular flexibility index (Phi) is 4.27. The summed E-state index contributed by atoms with van der Waals surface area (Å²) in [6, 6.07) is 4.58. The van der Waals surface area contributed by atoms with E-state index in [2.05, 4.69) is 10.1 Å². The van der Waals surface area contributed by atoms with Crippen LogP contribution in [0.5, 0.6) is 0 Å². The summed E-state index contributed by atoms with van der Waals surface area (Å²) in [6.45, 7) is 0.247. The molecule has 7 heteroatoms. The molecule has 3 N–H and O–H groups in total. The van der Waals surface area contributed by atoms with Gasteiger partial charge in [-0.2, -0.15) is 0 Å². The van der Waals surface area contributed by atoms with Gasteiger partial charge in [0, 0.05) is 6.54 Å². The van der Waals surface area contributed by atoms with Gasteiger partial charge in [-0.1, -0.05) is 6.07 Å². The van der Waals surface area contributed by atoms with Gasteiger partial charge in [-0.25, -0.2) is 0 Å². The molecule has 0 aliphatic carbocycles. The first-order valence-corrected chi connectivity index (χ1v) is 4.90. The lowest BCUT2D eigenvalue weighted by Crippen LogP contribution is -2.11. The monoisotopic (exact) mass is 239 g/mol. The fourth-order valence-corrected chi connectivity index (χ4v) is 1.31. The number of hydrogen-bond acceptors (Lipinski definition) is 6. The molecule has 0 saturated carbocycles. The van der Waals surface area contributed by atoms with Crippen LogP contribution in [-0.2, 0) is 9.53 Å². The first kappa shape index (κ1) is 12.8. The number of esters is 1. The van der Waals surface area contributed by atoms with Crippen LogP contribution in [0, 0.1) is 10.1 Å². The summed E-state index contributed by atoms with van der Waals surface area (Å²) < 4.78 is 4.45. The minimum atomic E-state index is -0.560. The summed E-state index contributed by atoms with van der Waals surface area (Å²) in [5, 5.41) is 13.6. The summed E-state index contributed by atoms with van der Waals surface area (Å²) in [5.74, 6) is -0.385. The van der Waals surface area contributed by atoms with Crippen LogP contribution in [0.15, 0.2) is 18.2 Å². The Labute approximate surface area is 97.7 Å². The van der Waals surface area contributed by atoms with Crippen LogP contribution in [0.3, 0.4) is 0 Å². The second-order valence-electron chi connectivity index (χ2n) is 3.25. The number of carbonyl (C=O) groups excluding carboxylic acids is 1. The van der Waals surface area contributed by atoms with Crippen molar-refractivity contribution in [2.24, 2.45) is 0 Å². The highest BCUT2D eigenvalue weighted by Gasteiger charge is 2.17. The molecule has 0 aliphatic heterocycles. The molecule has 0 radical (unpaired) electrons. The molecule has 0 bridgehead atoms. The van der Waals surface area contributed by atoms with Gasteiger partial charge in [0.2, 0.25) is 0 Å². The van der Waals surface area contributed by atoms with E-state index in [9.17, 15) is 14.9 Å². The number of rotatable bonds is 5. The molecule has 1 rings (SSSR count). The Bertz CT molecular complexity index is 434. The van der Waals surface area contributed by atoms with E-state index in [-0.39, 0.29) is 30.3 Å². The van der Waals surface area contributed by atoms with Crippen molar-refractivity contribution in [1.82, 2.24) is 0 Å². The lowest BCUT2D eigenvalue weighted by atomic mass is 10.2. The van der Waals surface area contributed by atoms with Gasteiger partial charge in [0.15, 0.2) is 0 Å². The summed E-state index contributed by atoms with van der Waals surface area (Å²) in [7, 11) is 1.28. The summed E-state index contributed by atoms with van der Waals surface area (Å²) in [5.41, 5.74) is 5.70. The Hall–Kier alpha value is -2.31. The fraction of sp³-hybridized carbons (Fsp3) is 0.300. The minimum Gasteiger partial charge on any atom is -0.469 e. The van der Waals surface area contributed by atoms with E-state index in [1.807, 2.05) is 0 Å². The molecule has 0 fully saturated rings. The zero-order valence-corrected chi connectivity index (χ0v) is 9.30. The minimum absolute atomic E-state index is 0.0815. The van der Waals surface area contributed by atoms with Crippen molar-refractivity contribution in [3.63, 3.8) is 0 Å². The molecule has 92 valence electrons. The zero-order chi connectivity index (χ0) is 12.8. The molecule has 7 nitrogen and oxygen atoms in total. The second kappa shape index (κ2) is 5.69. The van der Waals surface area contributed by atoms with Crippen molar-refractivity contribution >= 4 is 23.0 Å². The van der Waals surface area contributed by atoms with E-state index in [0.717, 1.165) is 0 Å². The third kappa shape index (κ3) is 3.33. The first-order valence-electron chi connectivity index (χ1n) is 4.90. The van der Waals surface area contributed by atoms with Gasteiger partial charge in [-0.15, -0.1) is 0 Å². The number of nitrogens with zero attached hydrogens (tertiary/aromatic N) is 1. The van der Waals surface area contributed by atoms with E-state index in [4.69, 9.17) is 5.73 Å². The fourth-order valence-electron chi connectivity index (χ4n) is 1.31. The van der Waals surface area contributed by atoms with Crippen molar-refractivity contribution < 1.29 is 14.5 Å². The Morgan fingerprint density at radius 1 is 1.59 bits per heavy atom. The number of benzene rings is 1. The summed E-state index contributed by atoms with van der Waals surface area (Å²) in [6.07, 6.45) is 0.127. The van der Waals surface area contributed by atoms with E-state index >= 15 is 0 Å². The predicted octanol–water partition coefficient (Wildman–Crippen LogP) is 1.15. The largest absolute Gasteiger partial charge is 0.469 e. The zero-order valence-electron chi connectivity index (χ0n) is 9.30. The first-order chi connectivity index (χ1) is 8.06. The topological polar surface area (TPSA) is 107 Å². The molecular formula is C10H13N3O4. The number of nitro benzene ring substituents is 1. The Balaban J connectivity index is 2.74. The molecule has 0 aliphatic rings. The van der Waals surface area contributed by atoms with Crippen molar-refractivity contribution in [3.05, 3.63) is 28.3 Å². The Morgan fingerprint density at radius 2 is 2.29 bits per heavy atom. The van der Waals surface area contributed by atoms with E-state index in [1.54, 1.807) is 6.07 Å². The quantitative estimate of drug-likeness (QED) is 0.345. The molecule has 0 heterocycles. The smallest absolute Gasteiger partial charge is 0.314 e. The molecule has 17 heavy (non-hydrogen) atoms. The van der Waals surface area contributed by atoms with Crippen LogP contribution in [0.1, 0.15) is 6.42 Å². The van der Waals surface area contributed by atoms with Gasteiger partial charge >= 0.3 is 11.7 Å². The highest BCUT2D eigenvalue weighted by molar-refractivity contribution is 5.75. The number of hydrogen-bond donors (Lipinski definition) is 2. The number of nitrogens with two attached hydrogens (primary N) is 1. The Morgan fingerprint density at radius 3 is 2.88 bits per heavy atom. The molecule has 0 aromatic heterocycles. The van der Waals surface area contributed by atoms with Gasteiger partial charge in [0.1, 0.15) is 11.4 Å². The van der Waals surface area contributed by atoms with Gasteiger partial charge < -0.3 is 15.8 Å². The molecule has 1 aromatic carbocycles. The number of nitrogens with one attached hydrogen (secondary N) is 1. The number of methoxy groups -OCH3 is 1. The van der Waals surface area contributed by atoms with Crippen LogP contribution < -0.4 is 11.1 Å². The molecule has 0 unspecified atom stereocenters. The highest BCUT2D eigenvalue weighted by atomic mass is 16.6. The van der Waals surface area contributed by atoms with E-state index in [1.165, 1.54) is 19.2 Å². The number of para-hydroxylation sites is 1. The predicted molar refractivity (Wildman–Crippen MR) is 62.6 cm³/mol. The SMILES string of the molecule is COC(=O)CCNc1cccc(N)c1[N+](=O)[O-]. The van der Waals surface area contributed by atoms with Crippen molar-refractivity contribution in [2.75, 3.05) is 24.7 Å². The van der Waals surface area contributed by atoms with Crippen molar-refractivity contribution in [2.45, 2.75) is 6.42 Å². The number of ether oxygens (including phenoxy) is 1. The van der Waals surface area contributed by atoms with Crippen LogP contribution >= 0.6 is 0 Å². The van der Waals surface area contributed by atoms with Crippen LogP contribution in [0.2, 0.25) is 0 Å². The number of carbonyl (C=O) groups is 1. The maximum Gasteiger partial charge on any atom is 0.314 e. The highest BCUT2D eigenvalue weighted by Crippen LogP contribution is 2.30. The lowest BCUT2D eigenvalue weighted by molar-refractivity contribution is -0.383. The van der Waals surface area contributed by atoms with Gasteiger partial charge in [0.25, 0.3) is 0 Å². The molecule has 0 atom stereocenters.